The second-order valence-electron chi connectivity index (χ2n) is 7.24. The van der Waals surface area contributed by atoms with Gasteiger partial charge in [0.15, 0.2) is 0 Å². The van der Waals surface area contributed by atoms with Gasteiger partial charge in [-0.1, -0.05) is 26.8 Å². The molecule has 0 bridgehead atoms. The van der Waals surface area contributed by atoms with Crippen molar-refractivity contribution in [3.63, 3.8) is 0 Å². The summed E-state index contributed by atoms with van der Waals surface area (Å²) in [6, 6.07) is 6.41. The fourth-order valence-corrected chi connectivity index (χ4v) is 2.90. The molecule has 0 spiro atoms. The van der Waals surface area contributed by atoms with Crippen molar-refractivity contribution >= 4 is 0 Å². The maximum Gasteiger partial charge on any atom is 0.250 e. The number of hydrogen-bond acceptors (Lipinski definition) is 3. The van der Waals surface area contributed by atoms with E-state index in [2.05, 4.69) is 37.9 Å². The Hall–Kier alpha value is -1.13. The van der Waals surface area contributed by atoms with Gasteiger partial charge in [-0.2, -0.15) is 0 Å². The van der Waals surface area contributed by atoms with Gasteiger partial charge >= 0.3 is 0 Å². The SMILES string of the molecule is CC1CCNC(C(C)(C)C)CN1CCn1ccccc1=O. The van der Waals surface area contributed by atoms with Crippen LogP contribution in [0.2, 0.25) is 0 Å². The van der Waals surface area contributed by atoms with Gasteiger partial charge in [-0.15, -0.1) is 0 Å². The van der Waals surface area contributed by atoms with Crippen LogP contribution in [-0.2, 0) is 6.54 Å². The minimum Gasteiger partial charge on any atom is -0.314 e. The molecule has 2 heterocycles. The predicted molar refractivity (Wildman–Crippen MR) is 87.6 cm³/mol. The average molecular weight is 291 g/mol. The summed E-state index contributed by atoms with van der Waals surface area (Å²) < 4.78 is 1.80. The first-order valence-corrected chi connectivity index (χ1v) is 8.01. The highest BCUT2D eigenvalue weighted by molar-refractivity contribution is 4.94. The Labute approximate surface area is 128 Å². The number of rotatable bonds is 3. The molecular formula is C17H29N3O. The van der Waals surface area contributed by atoms with Crippen molar-refractivity contribution in [3.05, 3.63) is 34.7 Å². The fourth-order valence-electron chi connectivity index (χ4n) is 2.90. The van der Waals surface area contributed by atoms with Gasteiger partial charge in [0, 0.05) is 44.0 Å². The Morgan fingerprint density at radius 2 is 2.05 bits per heavy atom. The van der Waals surface area contributed by atoms with Gasteiger partial charge in [0.05, 0.1) is 0 Å². The molecule has 1 aliphatic heterocycles. The molecule has 1 N–H and O–H groups in total. The molecule has 2 unspecified atom stereocenters. The molecule has 0 aliphatic carbocycles. The molecule has 1 fully saturated rings. The highest BCUT2D eigenvalue weighted by atomic mass is 16.1. The van der Waals surface area contributed by atoms with Gasteiger partial charge in [0.1, 0.15) is 0 Å². The second-order valence-corrected chi connectivity index (χ2v) is 7.24. The quantitative estimate of drug-likeness (QED) is 0.925. The van der Waals surface area contributed by atoms with Crippen molar-refractivity contribution in [1.82, 2.24) is 14.8 Å². The van der Waals surface area contributed by atoms with E-state index in [4.69, 9.17) is 0 Å². The Morgan fingerprint density at radius 3 is 2.71 bits per heavy atom. The van der Waals surface area contributed by atoms with Crippen LogP contribution in [0.1, 0.15) is 34.1 Å². The number of nitrogens with one attached hydrogen (secondary N) is 1. The lowest BCUT2D eigenvalue weighted by Crippen LogP contribution is -2.48. The van der Waals surface area contributed by atoms with E-state index < -0.39 is 0 Å². The van der Waals surface area contributed by atoms with Crippen molar-refractivity contribution in [2.45, 2.75) is 52.7 Å². The van der Waals surface area contributed by atoms with E-state index in [1.165, 1.54) is 0 Å². The van der Waals surface area contributed by atoms with Gasteiger partial charge in [0.25, 0.3) is 5.56 Å². The normalized spacial score (nSPS) is 24.8. The van der Waals surface area contributed by atoms with Crippen LogP contribution in [0.25, 0.3) is 0 Å². The number of aromatic nitrogens is 1. The van der Waals surface area contributed by atoms with E-state index in [0.717, 1.165) is 32.6 Å². The minimum absolute atomic E-state index is 0.0884. The molecule has 1 aliphatic rings. The molecule has 0 aromatic carbocycles. The smallest absolute Gasteiger partial charge is 0.250 e. The number of pyridine rings is 1. The third-order valence-corrected chi connectivity index (χ3v) is 4.57. The fraction of sp³-hybridized carbons (Fsp3) is 0.706. The topological polar surface area (TPSA) is 37.3 Å². The van der Waals surface area contributed by atoms with Crippen molar-refractivity contribution < 1.29 is 0 Å². The van der Waals surface area contributed by atoms with Crippen molar-refractivity contribution in [2.75, 3.05) is 19.6 Å². The monoisotopic (exact) mass is 291 g/mol. The van der Waals surface area contributed by atoms with Gasteiger partial charge in [0.2, 0.25) is 0 Å². The minimum atomic E-state index is 0.0884. The lowest BCUT2D eigenvalue weighted by atomic mass is 9.86. The molecule has 4 nitrogen and oxygen atoms in total. The van der Waals surface area contributed by atoms with Crippen LogP contribution in [0.5, 0.6) is 0 Å². The van der Waals surface area contributed by atoms with E-state index in [0.29, 0.717) is 12.1 Å². The summed E-state index contributed by atoms with van der Waals surface area (Å²) in [5.74, 6) is 0. The second kappa shape index (κ2) is 6.75. The van der Waals surface area contributed by atoms with E-state index in [1.54, 1.807) is 16.7 Å². The van der Waals surface area contributed by atoms with Crippen LogP contribution in [0.3, 0.4) is 0 Å². The van der Waals surface area contributed by atoms with Crippen molar-refractivity contribution in [3.8, 4) is 0 Å². The first kappa shape index (κ1) is 16.2. The molecule has 0 radical (unpaired) electrons. The summed E-state index contributed by atoms with van der Waals surface area (Å²) in [6.07, 6.45) is 3.04. The zero-order valence-electron chi connectivity index (χ0n) is 13.8. The molecule has 21 heavy (non-hydrogen) atoms. The Balaban J connectivity index is 2.02. The molecule has 1 saturated heterocycles. The predicted octanol–water partition coefficient (Wildman–Crippen LogP) is 1.95. The van der Waals surface area contributed by atoms with E-state index in [9.17, 15) is 4.79 Å². The zero-order valence-corrected chi connectivity index (χ0v) is 13.8. The molecule has 0 amide bonds. The molecule has 4 heteroatoms. The van der Waals surface area contributed by atoms with Gasteiger partial charge in [-0.3, -0.25) is 9.69 Å². The number of hydrogen-bond donors (Lipinski definition) is 1. The maximum absolute atomic E-state index is 11.8. The highest BCUT2D eigenvalue weighted by Gasteiger charge is 2.30. The number of nitrogens with zero attached hydrogens (tertiary/aromatic N) is 2. The summed E-state index contributed by atoms with van der Waals surface area (Å²) in [5.41, 5.74) is 0.344. The van der Waals surface area contributed by atoms with Crippen LogP contribution in [-0.4, -0.2) is 41.2 Å². The van der Waals surface area contributed by atoms with Crippen molar-refractivity contribution in [2.24, 2.45) is 5.41 Å². The summed E-state index contributed by atoms with van der Waals surface area (Å²) in [5, 5.41) is 3.68. The molecule has 0 saturated carbocycles. The molecular weight excluding hydrogens is 262 g/mol. The molecule has 118 valence electrons. The average Bonchev–Trinajstić information content (AvgIpc) is 2.59. The zero-order chi connectivity index (χ0) is 15.5. The lowest BCUT2D eigenvalue weighted by Gasteiger charge is -2.35. The first-order chi connectivity index (χ1) is 9.88. The van der Waals surface area contributed by atoms with Crippen molar-refractivity contribution in [1.29, 1.82) is 0 Å². The van der Waals surface area contributed by atoms with E-state index in [1.807, 2.05) is 12.3 Å². The van der Waals surface area contributed by atoms with Gasteiger partial charge < -0.3 is 9.88 Å². The van der Waals surface area contributed by atoms with Crippen LogP contribution >= 0.6 is 0 Å². The summed E-state index contributed by atoms with van der Waals surface area (Å²) in [4.78, 5) is 14.3. The van der Waals surface area contributed by atoms with Gasteiger partial charge in [-0.05, 0) is 31.4 Å². The summed E-state index contributed by atoms with van der Waals surface area (Å²) in [6.45, 7) is 13.0. The van der Waals surface area contributed by atoms with Crippen LogP contribution < -0.4 is 10.9 Å². The Kier molecular flexibility index (Phi) is 5.22. The third kappa shape index (κ3) is 4.42. The molecule has 1 aromatic heterocycles. The lowest BCUT2D eigenvalue weighted by molar-refractivity contribution is 0.159. The largest absolute Gasteiger partial charge is 0.314 e. The maximum atomic E-state index is 11.8. The third-order valence-electron chi connectivity index (χ3n) is 4.57. The first-order valence-electron chi connectivity index (χ1n) is 8.01. The molecule has 2 rings (SSSR count). The van der Waals surface area contributed by atoms with Crippen LogP contribution in [0.4, 0.5) is 0 Å². The summed E-state index contributed by atoms with van der Waals surface area (Å²) in [7, 11) is 0. The molecule has 1 aromatic rings. The van der Waals surface area contributed by atoms with E-state index in [-0.39, 0.29) is 11.0 Å². The van der Waals surface area contributed by atoms with Crippen LogP contribution in [0, 0.1) is 5.41 Å². The Bertz CT molecular complexity index is 503. The summed E-state index contributed by atoms with van der Waals surface area (Å²) >= 11 is 0. The molecule has 2 atom stereocenters. The van der Waals surface area contributed by atoms with E-state index >= 15 is 0 Å². The standard InChI is InChI=1S/C17H29N3O/c1-14-8-9-18-15(17(2,3)4)13-20(14)12-11-19-10-6-5-7-16(19)21/h5-7,10,14-15,18H,8-9,11-13H2,1-4H3. The highest BCUT2D eigenvalue weighted by Crippen LogP contribution is 2.23. The van der Waals surface area contributed by atoms with Crippen LogP contribution in [0.15, 0.2) is 29.2 Å². The Morgan fingerprint density at radius 1 is 1.29 bits per heavy atom. The van der Waals surface area contributed by atoms with Gasteiger partial charge in [-0.25, -0.2) is 0 Å².